The smallest absolute Gasteiger partial charge is 0.271 e. The predicted molar refractivity (Wildman–Crippen MR) is 102 cm³/mol. The first-order valence-electron chi connectivity index (χ1n) is 8.18. The van der Waals surface area contributed by atoms with E-state index < -0.39 is 0 Å². The van der Waals surface area contributed by atoms with Crippen molar-refractivity contribution in [3.63, 3.8) is 0 Å². The lowest BCUT2D eigenvalue weighted by atomic mass is 10.1. The number of hydrogen-bond donors (Lipinski definition) is 1. The molecule has 1 aromatic carbocycles. The summed E-state index contributed by atoms with van der Waals surface area (Å²) in [6, 6.07) is 6.85. The predicted octanol–water partition coefficient (Wildman–Crippen LogP) is 4.18. The molecule has 0 aliphatic heterocycles. The third-order valence-electron chi connectivity index (χ3n) is 4.27. The Labute approximate surface area is 161 Å². The number of nitrogens with zero attached hydrogens (tertiary/aromatic N) is 4. The summed E-state index contributed by atoms with van der Waals surface area (Å²) in [4.78, 5) is 14.3. The van der Waals surface area contributed by atoms with Crippen LogP contribution in [-0.2, 0) is 13.1 Å². The largest absolute Gasteiger partial charge is 0.336 e. The summed E-state index contributed by atoms with van der Waals surface area (Å²) in [6.45, 7) is 5.31. The number of aryl methyl sites for hydroxylation is 1. The van der Waals surface area contributed by atoms with E-state index in [0.29, 0.717) is 33.5 Å². The zero-order chi connectivity index (χ0) is 18.8. The monoisotopic (exact) mass is 391 g/mol. The average molecular weight is 392 g/mol. The third-order valence-corrected chi connectivity index (χ3v) is 4.82. The first kappa shape index (κ1) is 18.5. The molecule has 0 radical (unpaired) electrons. The standard InChI is InChI=1S/C18H19Cl2N5O/c1-4-25-11(2)12(9-21-25)10-24(3)18(26)17-8-16(22-23-17)14-6-5-13(19)7-15(14)20/h5-9H,4,10H2,1-3H3,(H,22,23). The number of H-pyrrole nitrogens is 1. The Kier molecular flexibility index (Phi) is 5.34. The van der Waals surface area contributed by atoms with E-state index in [-0.39, 0.29) is 5.91 Å². The van der Waals surface area contributed by atoms with E-state index in [2.05, 4.69) is 15.3 Å². The lowest BCUT2D eigenvalue weighted by Gasteiger charge is -2.15. The van der Waals surface area contributed by atoms with Crippen LogP contribution in [-0.4, -0.2) is 37.8 Å². The molecule has 0 unspecified atom stereocenters. The molecule has 0 bridgehead atoms. The summed E-state index contributed by atoms with van der Waals surface area (Å²) in [5, 5.41) is 12.3. The lowest BCUT2D eigenvalue weighted by molar-refractivity contribution is 0.0779. The van der Waals surface area contributed by atoms with Gasteiger partial charge in [0.15, 0.2) is 0 Å². The normalized spacial score (nSPS) is 11.0. The van der Waals surface area contributed by atoms with Crippen molar-refractivity contribution in [2.45, 2.75) is 26.9 Å². The Morgan fingerprint density at radius 1 is 1.31 bits per heavy atom. The maximum atomic E-state index is 12.7. The molecule has 3 rings (SSSR count). The third kappa shape index (κ3) is 3.61. The van der Waals surface area contributed by atoms with Gasteiger partial charge in [-0.1, -0.05) is 23.2 Å². The van der Waals surface area contributed by atoms with E-state index in [1.54, 1.807) is 42.4 Å². The number of nitrogens with one attached hydrogen (secondary N) is 1. The van der Waals surface area contributed by atoms with Crippen molar-refractivity contribution in [2.75, 3.05) is 7.05 Å². The minimum absolute atomic E-state index is 0.155. The van der Waals surface area contributed by atoms with Crippen LogP contribution < -0.4 is 0 Å². The topological polar surface area (TPSA) is 66.8 Å². The number of rotatable bonds is 5. The molecule has 0 aliphatic carbocycles. The van der Waals surface area contributed by atoms with Crippen LogP contribution in [0.25, 0.3) is 11.3 Å². The van der Waals surface area contributed by atoms with Gasteiger partial charge in [0, 0.05) is 42.0 Å². The van der Waals surface area contributed by atoms with Gasteiger partial charge in [0.05, 0.1) is 16.9 Å². The molecule has 2 aromatic heterocycles. The van der Waals surface area contributed by atoms with Gasteiger partial charge in [-0.05, 0) is 38.1 Å². The highest BCUT2D eigenvalue weighted by atomic mass is 35.5. The van der Waals surface area contributed by atoms with Gasteiger partial charge < -0.3 is 4.90 Å². The second-order valence-electron chi connectivity index (χ2n) is 6.02. The maximum absolute atomic E-state index is 12.7. The summed E-state index contributed by atoms with van der Waals surface area (Å²) in [5.74, 6) is -0.155. The molecular weight excluding hydrogens is 373 g/mol. The van der Waals surface area contributed by atoms with Crippen LogP contribution in [0.3, 0.4) is 0 Å². The number of carbonyl (C=O) groups excluding carboxylic acids is 1. The van der Waals surface area contributed by atoms with Gasteiger partial charge in [-0.2, -0.15) is 10.2 Å². The van der Waals surface area contributed by atoms with Crippen LogP contribution in [0.15, 0.2) is 30.5 Å². The van der Waals surface area contributed by atoms with Gasteiger partial charge in [-0.25, -0.2) is 0 Å². The number of amides is 1. The van der Waals surface area contributed by atoms with E-state index >= 15 is 0 Å². The number of carbonyl (C=O) groups is 1. The van der Waals surface area contributed by atoms with Gasteiger partial charge in [0.25, 0.3) is 5.91 Å². The Morgan fingerprint density at radius 3 is 2.73 bits per heavy atom. The highest BCUT2D eigenvalue weighted by Gasteiger charge is 2.18. The quantitative estimate of drug-likeness (QED) is 0.708. The number of aromatic nitrogens is 4. The average Bonchev–Trinajstić information content (AvgIpc) is 3.22. The van der Waals surface area contributed by atoms with Crippen molar-refractivity contribution in [1.29, 1.82) is 0 Å². The Morgan fingerprint density at radius 2 is 2.08 bits per heavy atom. The minimum atomic E-state index is -0.155. The van der Waals surface area contributed by atoms with Crippen LogP contribution >= 0.6 is 23.2 Å². The van der Waals surface area contributed by atoms with Crippen molar-refractivity contribution >= 4 is 29.1 Å². The molecule has 1 amide bonds. The fourth-order valence-corrected chi connectivity index (χ4v) is 3.26. The zero-order valence-electron chi connectivity index (χ0n) is 14.8. The number of halogens is 2. The van der Waals surface area contributed by atoms with Crippen molar-refractivity contribution < 1.29 is 4.79 Å². The summed E-state index contributed by atoms with van der Waals surface area (Å²) in [5.41, 5.74) is 3.79. The molecule has 0 atom stereocenters. The van der Waals surface area contributed by atoms with E-state index in [0.717, 1.165) is 17.8 Å². The Balaban J connectivity index is 1.77. The molecule has 2 heterocycles. The van der Waals surface area contributed by atoms with Gasteiger partial charge in [0.1, 0.15) is 5.69 Å². The molecule has 0 aliphatic rings. The molecule has 0 saturated carbocycles. The molecule has 6 nitrogen and oxygen atoms in total. The Hall–Kier alpha value is -2.31. The van der Waals surface area contributed by atoms with Crippen molar-refractivity contribution in [1.82, 2.24) is 24.9 Å². The minimum Gasteiger partial charge on any atom is -0.336 e. The molecule has 3 aromatic rings. The van der Waals surface area contributed by atoms with Crippen molar-refractivity contribution in [3.05, 3.63) is 57.5 Å². The van der Waals surface area contributed by atoms with E-state index in [4.69, 9.17) is 23.2 Å². The maximum Gasteiger partial charge on any atom is 0.271 e. The van der Waals surface area contributed by atoms with Crippen LogP contribution in [0, 0.1) is 6.92 Å². The first-order valence-corrected chi connectivity index (χ1v) is 8.94. The number of hydrogen-bond acceptors (Lipinski definition) is 3. The van der Waals surface area contributed by atoms with Crippen LogP contribution in [0.5, 0.6) is 0 Å². The van der Waals surface area contributed by atoms with Crippen molar-refractivity contribution in [3.8, 4) is 11.3 Å². The number of aromatic amines is 1. The Bertz CT molecular complexity index is 947. The van der Waals surface area contributed by atoms with Gasteiger partial charge in [-0.3, -0.25) is 14.6 Å². The zero-order valence-corrected chi connectivity index (χ0v) is 16.3. The fraction of sp³-hybridized carbons (Fsp3) is 0.278. The lowest BCUT2D eigenvalue weighted by Crippen LogP contribution is -2.26. The first-order chi connectivity index (χ1) is 12.4. The van der Waals surface area contributed by atoms with Gasteiger partial charge in [-0.15, -0.1) is 0 Å². The summed E-state index contributed by atoms with van der Waals surface area (Å²) < 4.78 is 1.91. The second kappa shape index (κ2) is 7.51. The molecule has 136 valence electrons. The fourth-order valence-electron chi connectivity index (χ4n) is 2.76. The van der Waals surface area contributed by atoms with Crippen molar-refractivity contribution in [2.24, 2.45) is 0 Å². The highest BCUT2D eigenvalue weighted by Crippen LogP contribution is 2.29. The molecule has 1 N–H and O–H groups in total. The second-order valence-corrected chi connectivity index (χ2v) is 6.87. The summed E-state index contributed by atoms with van der Waals surface area (Å²) in [6.07, 6.45) is 1.80. The molecular formula is C18H19Cl2N5O. The van der Waals surface area contributed by atoms with Crippen LogP contribution in [0.2, 0.25) is 10.0 Å². The van der Waals surface area contributed by atoms with E-state index in [1.807, 2.05) is 18.5 Å². The molecule has 8 heteroatoms. The number of benzene rings is 1. The SMILES string of the molecule is CCn1ncc(CN(C)C(=O)c2cc(-c3ccc(Cl)cc3Cl)n[nH]2)c1C. The molecule has 0 fully saturated rings. The summed E-state index contributed by atoms with van der Waals surface area (Å²) >= 11 is 12.1. The van der Waals surface area contributed by atoms with Gasteiger partial charge >= 0.3 is 0 Å². The molecule has 0 spiro atoms. The van der Waals surface area contributed by atoms with Gasteiger partial charge in [0.2, 0.25) is 0 Å². The van der Waals surface area contributed by atoms with Crippen LogP contribution in [0.4, 0.5) is 0 Å². The van der Waals surface area contributed by atoms with E-state index in [1.165, 1.54) is 0 Å². The molecule has 0 saturated heterocycles. The van der Waals surface area contributed by atoms with Crippen LogP contribution in [0.1, 0.15) is 28.7 Å². The molecule has 26 heavy (non-hydrogen) atoms. The summed E-state index contributed by atoms with van der Waals surface area (Å²) in [7, 11) is 1.75. The highest BCUT2D eigenvalue weighted by molar-refractivity contribution is 6.36. The van der Waals surface area contributed by atoms with E-state index in [9.17, 15) is 4.79 Å².